The Morgan fingerprint density at radius 2 is 1.88 bits per heavy atom. The molecular formula is C19H20N4OS. The van der Waals surface area contributed by atoms with Gasteiger partial charge in [-0.15, -0.1) is 5.10 Å². The lowest BCUT2D eigenvalue weighted by Crippen LogP contribution is -2.22. The van der Waals surface area contributed by atoms with E-state index in [-0.39, 0.29) is 11.2 Å². The molecule has 3 rings (SSSR count). The van der Waals surface area contributed by atoms with Crippen molar-refractivity contribution < 1.29 is 4.79 Å². The molecule has 0 aliphatic heterocycles. The summed E-state index contributed by atoms with van der Waals surface area (Å²) in [7, 11) is 0. The maximum absolute atomic E-state index is 12.4. The smallest absolute Gasteiger partial charge is 0.237 e. The number of aryl methyl sites for hydroxylation is 1. The van der Waals surface area contributed by atoms with Crippen LogP contribution in [0.1, 0.15) is 19.4 Å². The Morgan fingerprint density at radius 1 is 1.16 bits per heavy atom. The second-order valence-electron chi connectivity index (χ2n) is 5.61. The molecule has 1 heterocycles. The second kappa shape index (κ2) is 7.98. The minimum Gasteiger partial charge on any atom is -0.325 e. The molecule has 0 radical (unpaired) electrons. The fraction of sp³-hybridized carbons (Fsp3) is 0.211. The highest BCUT2D eigenvalue weighted by atomic mass is 32.2. The molecule has 0 aliphatic rings. The predicted molar refractivity (Wildman–Crippen MR) is 101 cm³/mol. The Bertz CT molecular complexity index is 830. The molecule has 1 atom stereocenters. The Balaban J connectivity index is 1.60. The van der Waals surface area contributed by atoms with Gasteiger partial charge in [-0.3, -0.25) is 4.79 Å². The van der Waals surface area contributed by atoms with Gasteiger partial charge in [0.1, 0.15) is 6.33 Å². The number of benzene rings is 2. The van der Waals surface area contributed by atoms with Gasteiger partial charge in [-0.25, -0.2) is 9.67 Å². The van der Waals surface area contributed by atoms with Crippen LogP contribution in [0.4, 0.5) is 5.69 Å². The summed E-state index contributed by atoms with van der Waals surface area (Å²) in [4.78, 5) is 16.6. The second-order valence-corrected chi connectivity index (χ2v) is 6.92. The van der Waals surface area contributed by atoms with Crippen LogP contribution in [0.25, 0.3) is 5.69 Å². The maximum Gasteiger partial charge on any atom is 0.237 e. The summed E-state index contributed by atoms with van der Waals surface area (Å²) in [6.07, 6.45) is 2.64. The normalized spacial score (nSPS) is 11.9. The third kappa shape index (κ3) is 4.48. The number of hydrogen-bond donors (Lipinski definition) is 1. The van der Waals surface area contributed by atoms with E-state index in [4.69, 9.17) is 0 Å². The van der Waals surface area contributed by atoms with Crippen LogP contribution in [-0.4, -0.2) is 25.9 Å². The summed E-state index contributed by atoms with van der Waals surface area (Å²) in [6, 6.07) is 17.7. The van der Waals surface area contributed by atoms with Gasteiger partial charge in [0.2, 0.25) is 11.1 Å². The van der Waals surface area contributed by atoms with Crippen LogP contribution < -0.4 is 5.32 Å². The van der Waals surface area contributed by atoms with E-state index in [9.17, 15) is 4.79 Å². The first-order valence-corrected chi connectivity index (χ1v) is 9.07. The molecule has 6 heteroatoms. The molecule has 0 spiro atoms. The minimum absolute atomic E-state index is 0.0645. The fourth-order valence-electron chi connectivity index (χ4n) is 2.29. The molecule has 0 saturated carbocycles. The first-order chi connectivity index (χ1) is 12.2. The summed E-state index contributed by atoms with van der Waals surface area (Å²) in [6.45, 7) is 3.96. The van der Waals surface area contributed by atoms with Crippen molar-refractivity contribution in [3.63, 3.8) is 0 Å². The van der Waals surface area contributed by atoms with Crippen LogP contribution in [0.2, 0.25) is 0 Å². The van der Waals surface area contributed by atoms with E-state index >= 15 is 0 Å². The molecule has 0 aliphatic carbocycles. The Labute approximate surface area is 151 Å². The molecule has 1 amide bonds. The van der Waals surface area contributed by atoms with Crippen molar-refractivity contribution in [3.8, 4) is 5.69 Å². The van der Waals surface area contributed by atoms with Gasteiger partial charge in [-0.1, -0.05) is 49.0 Å². The third-order valence-corrected chi connectivity index (χ3v) is 4.74. The van der Waals surface area contributed by atoms with E-state index in [1.807, 2.05) is 61.5 Å². The Kier molecular flexibility index (Phi) is 5.50. The fourth-order valence-corrected chi connectivity index (χ4v) is 3.01. The summed E-state index contributed by atoms with van der Waals surface area (Å²) >= 11 is 1.34. The largest absolute Gasteiger partial charge is 0.325 e. The average molecular weight is 352 g/mol. The van der Waals surface area contributed by atoms with E-state index in [1.165, 1.54) is 17.3 Å². The molecule has 0 saturated heterocycles. The first kappa shape index (κ1) is 17.2. The summed E-state index contributed by atoms with van der Waals surface area (Å²) in [5.74, 6) is -0.0645. The Morgan fingerprint density at radius 3 is 2.56 bits per heavy atom. The van der Waals surface area contributed by atoms with Gasteiger partial charge in [0.25, 0.3) is 0 Å². The highest BCUT2D eigenvalue weighted by Gasteiger charge is 2.17. The summed E-state index contributed by atoms with van der Waals surface area (Å²) in [5.41, 5.74) is 2.99. The molecule has 3 aromatic rings. The average Bonchev–Trinajstić information content (AvgIpc) is 3.11. The molecule has 5 nitrogen and oxygen atoms in total. The predicted octanol–water partition coefficient (Wildman–Crippen LogP) is 3.95. The molecule has 0 fully saturated rings. The number of rotatable bonds is 6. The van der Waals surface area contributed by atoms with Crippen LogP contribution in [0.3, 0.4) is 0 Å². The molecule has 1 unspecified atom stereocenters. The highest BCUT2D eigenvalue weighted by Crippen LogP contribution is 2.21. The van der Waals surface area contributed by atoms with Gasteiger partial charge in [0, 0.05) is 5.69 Å². The van der Waals surface area contributed by atoms with Crippen LogP contribution in [0.5, 0.6) is 0 Å². The van der Waals surface area contributed by atoms with E-state index in [0.29, 0.717) is 5.16 Å². The molecule has 128 valence electrons. The number of hydrogen-bond acceptors (Lipinski definition) is 4. The zero-order valence-corrected chi connectivity index (χ0v) is 15.0. The zero-order chi connectivity index (χ0) is 17.6. The number of para-hydroxylation sites is 1. The molecular weight excluding hydrogens is 332 g/mol. The zero-order valence-electron chi connectivity index (χ0n) is 14.2. The van der Waals surface area contributed by atoms with Crippen molar-refractivity contribution in [1.29, 1.82) is 0 Å². The standard InChI is InChI=1S/C19H20N4OS/c1-3-15-9-11-16(12-10-15)21-18(24)14(2)25-19-20-13-23(22-19)17-7-5-4-6-8-17/h4-14H,3H2,1-2H3,(H,21,24). The highest BCUT2D eigenvalue weighted by molar-refractivity contribution is 8.00. The van der Waals surface area contributed by atoms with Crippen molar-refractivity contribution in [1.82, 2.24) is 14.8 Å². The topological polar surface area (TPSA) is 59.8 Å². The molecule has 1 N–H and O–H groups in total. The summed E-state index contributed by atoms with van der Waals surface area (Å²) < 4.78 is 1.70. The Hall–Kier alpha value is -2.60. The molecule has 0 bridgehead atoms. The van der Waals surface area contributed by atoms with Gasteiger partial charge in [0.15, 0.2) is 0 Å². The number of amides is 1. The summed E-state index contributed by atoms with van der Waals surface area (Å²) in [5, 5.41) is 7.63. The van der Waals surface area contributed by atoms with Crippen LogP contribution in [-0.2, 0) is 11.2 Å². The van der Waals surface area contributed by atoms with Crippen LogP contribution >= 0.6 is 11.8 Å². The van der Waals surface area contributed by atoms with Gasteiger partial charge in [-0.2, -0.15) is 0 Å². The number of carbonyl (C=O) groups is 1. The molecule has 25 heavy (non-hydrogen) atoms. The number of aromatic nitrogens is 3. The number of nitrogens with zero attached hydrogens (tertiary/aromatic N) is 3. The van der Waals surface area contributed by atoms with Crippen LogP contribution in [0, 0.1) is 0 Å². The van der Waals surface area contributed by atoms with Crippen molar-refractivity contribution in [2.45, 2.75) is 30.7 Å². The van der Waals surface area contributed by atoms with E-state index in [1.54, 1.807) is 11.0 Å². The van der Waals surface area contributed by atoms with E-state index in [2.05, 4.69) is 22.3 Å². The monoisotopic (exact) mass is 352 g/mol. The number of thioether (sulfide) groups is 1. The lowest BCUT2D eigenvalue weighted by atomic mass is 10.1. The minimum atomic E-state index is -0.294. The lowest BCUT2D eigenvalue weighted by Gasteiger charge is -2.10. The molecule has 1 aromatic heterocycles. The first-order valence-electron chi connectivity index (χ1n) is 8.19. The van der Waals surface area contributed by atoms with Gasteiger partial charge in [0.05, 0.1) is 10.9 Å². The maximum atomic E-state index is 12.4. The third-order valence-electron chi connectivity index (χ3n) is 3.77. The number of carbonyl (C=O) groups excluding carboxylic acids is 1. The van der Waals surface area contributed by atoms with Crippen molar-refractivity contribution in [3.05, 3.63) is 66.5 Å². The van der Waals surface area contributed by atoms with E-state index in [0.717, 1.165) is 17.8 Å². The van der Waals surface area contributed by atoms with Gasteiger partial charge in [-0.05, 0) is 43.2 Å². The quantitative estimate of drug-likeness (QED) is 0.683. The van der Waals surface area contributed by atoms with E-state index < -0.39 is 0 Å². The van der Waals surface area contributed by atoms with Gasteiger partial charge >= 0.3 is 0 Å². The van der Waals surface area contributed by atoms with Crippen molar-refractivity contribution in [2.75, 3.05) is 5.32 Å². The number of nitrogens with one attached hydrogen (secondary N) is 1. The van der Waals surface area contributed by atoms with Crippen LogP contribution in [0.15, 0.2) is 66.1 Å². The lowest BCUT2D eigenvalue weighted by molar-refractivity contribution is -0.115. The van der Waals surface area contributed by atoms with Crippen molar-refractivity contribution in [2.24, 2.45) is 0 Å². The SMILES string of the molecule is CCc1ccc(NC(=O)C(C)Sc2ncn(-c3ccccc3)n2)cc1. The van der Waals surface area contributed by atoms with Gasteiger partial charge < -0.3 is 5.32 Å². The van der Waals surface area contributed by atoms with Crippen molar-refractivity contribution >= 4 is 23.4 Å². The number of anilines is 1. The molecule has 2 aromatic carbocycles.